The van der Waals surface area contributed by atoms with Crippen LogP contribution in [0.4, 0.5) is 3.89 Å². The van der Waals surface area contributed by atoms with Gasteiger partial charge in [-0.2, -0.15) is 8.42 Å². The Kier molecular flexibility index (Phi) is 2.62. The molecular weight excluding hydrogens is 249 g/mol. The number of aromatic amines is 1. The van der Waals surface area contributed by atoms with E-state index in [1.54, 1.807) is 0 Å². The number of rotatable bonds is 2. The molecule has 0 atom stereocenters. The van der Waals surface area contributed by atoms with Crippen LogP contribution in [0.25, 0.3) is 10.9 Å². The monoisotopic (exact) mass is 257 g/mol. The van der Waals surface area contributed by atoms with Crippen molar-refractivity contribution in [2.45, 2.75) is 4.90 Å². The van der Waals surface area contributed by atoms with E-state index in [4.69, 9.17) is 0 Å². The topological polar surface area (TPSA) is 76.2 Å². The maximum Gasteiger partial charge on any atom is 0.337 e. The molecule has 0 spiro atoms. The van der Waals surface area contributed by atoms with Crippen LogP contribution in [-0.2, 0) is 15.0 Å². The van der Waals surface area contributed by atoms with Crippen molar-refractivity contribution in [3.63, 3.8) is 0 Å². The van der Waals surface area contributed by atoms with Crippen LogP contribution < -0.4 is 0 Å². The maximum absolute atomic E-state index is 12.9. The quantitative estimate of drug-likeness (QED) is 0.655. The van der Waals surface area contributed by atoms with Crippen molar-refractivity contribution in [2.75, 3.05) is 7.11 Å². The average molecular weight is 257 g/mol. The van der Waals surface area contributed by atoms with E-state index in [0.717, 1.165) is 6.20 Å². The van der Waals surface area contributed by atoms with Crippen molar-refractivity contribution in [1.29, 1.82) is 0 Å². The van der Waals surface area contributed by atoms with Crippen molar-refractivity contribution in [3.8, 4) is 0 Å². The first-order valence-electron chi connectivity index (χ1n) is 4.57. The number of benzene rings is 1. The lowest BCUT2D eigenvalue weighted by atomic mass is 10.1. The smallest absolute Gasteiger partial charge is 0.337 e. The highest BCUT2D eigenvalue weighted by Crippen LogP contribution is 2.25. The van der Waals surface area contributed by atoms with Crippen molar-refractivity contribution in [1.82, 2.24) is 4.98 Å². The van der Waals surface area contributed by atoms with Gasteiger partial charge in [0.1, 0.15) is 4.90 Å². The maximum atomic E-state index is 12.9. The van der Waals surface area contributed by atoms with E-state index in [9.17, 15) is 17.1 Å². The molecule has 5 nitrogen and oxygen atoms in total. The molecule has 2 aromatic rings. The Morgan fingerprint density at radius 1 is 1.41 bits per heavy atom. The molecule has 0 aliphatic rings. The lowest BCUT2D eigenvalue weighted by molar-refractivity contribution is 0.0601. The third kappa shape index (κ3) is 2.01. The fraction of sp³-hybridized carbons (Fsp3) is 0.100. The molecule has 0 aliphatic carbocycles. The first-order chi connectivity index (χ1) is 7.93. The molecule has 0 fully saturated rings. The summed E-state index contributed by atoms with van der Waals surface area (Å²) in [6, 6.07) is 4.21. The predicted octanol–water partition coefficient (Wildman–Crippen LogP) is 1.61. The van der Waals surface area contributed by atoms with E-state index in [1.807, 2.05) is 0 Å². The van der Waals surface area contributed by atoms with Gasteiger partial charge in [-0.05, 0) is 18.2 Å². The molecule has 17 heavy (non-hydrogen) atoms. The van der Waals surface area contributed by atoms with Gasteiger partial charge in [0.2, 0.25) is 0 Å². The summed E-state index contributed by atoms with van der Waals surface area (Å²) in [7, 11) is -3.61. The summed E-state index contributed by atoms with van der Waals surface area (Å²) >= 11 is 0. The molecule has 1 aromatic carbocycles. The average Bonchev–Trinajstić information content (AvgIpc) is 2.70. The number of H-pyrrole nitrogens is 1. The summed E-state index contributed by atoms with van der Waals surface area (Å²) in [5.74, 6) is -0.615. The highest BCUT2D eigenvalue weighted by atomic mass is 32.3. The van der Waals surface area contributed by atoms with Crippen LogP contribution in [0.3, 0.4) is 0 Å². The first-order valence-corrected chi connectivity index (χ1v) is 5.96. The van der Waals surface area contributed by atoms with Gasteiger partial charge < -0.3 is 9.72 Å². The molecular formula is C10H8FNO4S. The molecule has 1 heterocycles. The lowest BCUT2D eigenvalue weighted by Gasteiger charge is -1.99. The molecule has 2 rings (SSSR count). The molecule has 1 N–H and O–H groups in total. The number of esters is 1. The molecule has 0 unspecified atom stereocenters. The van der Waals surface area contributed by atoms with Gasteiger partial charge in [0.15, 0.2) is 0 Å². The van der Waals surface area contributed by atoms with E-state index >= 15 is 0 Å². The number of carbonyl (C=O) groups excluding carboxylic acids is 1. The van der Waals surface area contributed by atoms with Crippen molar-refractivity contribution >= 4 is 27.1 Å². The van der Waals surface area contributed by atoms with Crippen molar-refractivity contribution in [3.05, 3.63) is 30.0 Å². The van der Waals surface area contributed by atoms with E-state index in [1.165, 1.54) is 25.3 Å². The summed E-state index contributed by atoms with van der Waals surface area (Å²) < 4.78 is 39.1. The molecule has 1 aromatic heterocycles. The largest absolute Gasteiger partial charge is 0.465 e. The van der Waals surface area contributed by atoms with Crippen LogP contribution in [0.15, 0.2) is 29.3 Å². The summed E-state index contributed by atoms with van der Waals surface area (Å²) in [5, 5.41) is 0.121. The summed E-state index contributed by atoms with van der Waals surface area (Å²) in [6.07, 6.45) is 1.04. The van der Waals surface area contributed by atoms with E-state index < -0.39 is 21.1 Å². The number of hydrogen-bond donors (Lipinski definition) is 1. The fourth-order valence-corrected chi connectivity index (χ4v) is 2.17. The van der Waals surface area contributed by atoms with Crippen molar-refractivity contribution < 1.29 is 21.8 Å². The van der Waals surface area contributed by atoms with Gasteiger partial charge in [0, 0.05) is 17.1 Å². The normalized spacial score (nSPS) is 11.6. The minimum absolute atomic E-state index is 0.121. The molecule has 0 bridgehead atoms. The number of fused-ring (bicyclic) bond motifs is 1. The van der Waals surface area contributed by atoms with E-state index in [2.05, 4.69) is 9.72 Å². The number of hydrogen-bond acceptors (Lipinski definition) is 4. The van der Waals surface area contributed by atoms with Crippen LogP contribution in [-0.4, -0.2) is 26.5 Å². The van der Waals surface area contributed by atoms with Crippen LogP contribution >= 0.6 is 0 Å². The van der Waals surface area contributed by atoms with Gasteiger partial charge in [-0.1, -0.05) is 0 Å². The van der Waals surface area contributed by atoms with Gasteiger partial charge in [0.25, 0.3) is 0 Å². The summed E-state index contributed by atoms with van der Waals surface area (Å²) in [6.45, 7) is 0. The molecule has 0 radical (unpaired) electrons. The Balaban J connectivity index is 2.71. The lowest BCUT2D eigenvalue weighted by Crippen LogP contribution is -2.00. The number of halogens is 1. The minimum Gasteiger partial charge on any atom is -0.465 e. The molecule has 0 saturated carbocycles. The number of ether oxygens (including phenoxy) is 1. The Morgan fingerprint density at radius 3 is 2.71 bits per heavy atom. The zero-order chi connectivity index (χ0) is 12.6. The molecule has 0 amide bonds. The number of aromatic nitrogens is 1. The predicted molar refractivity (Wildman–Crippen MR) is 57.9 cm³/mol. The zero-order valence-electron chi connectivity index (χ0n) is 8.73. The van der Waals surface area contributed by atoms with Gasteiger partial charge in [-0.25, -0.2) is 4.79 Å². The minimum atomic E-state index is -4.82. The van der Waals surface area contributed by atoms with Crippen LogP contribution in [0.5, 0.6) is 0 Å². The van der Waals surface area contributed by atoms with Crippen LogP contribution in [0.1, 0.15) is 10.4 Å². The molecule has 90 valence electrons. The Morgan fingerprint density at radius 2 is 2.12 bits per heavy atom. The highest BCUT2D eigenvalue weighted by molar-refractivity contribution is 7.86. The standard InChI is InChI=1S/C10H8FNO4S/c1-16-10(13)6-2-3-8-7(4-6)9(5-12-8)17(11,14)15/h2-5,12H,1H3. The van der Waals surface area contributed by atoms with Crippen LogP contribution in [0, 0.1) is 0 Å². The van der Waals surface area contributed by atoms with E-state index in [-0.39, 0.29) is 10.9 Å². The second-order valence-corrected chi connectivity index (χ2v) is 4.66. The van der Waals surface area contributed by atoms with Crippen LogP contribution in [0.2, 0.25) is 0 Å². The first kappa shape index (κ1) is 11.6. The molecule has 0 aliphatic heterocycles. The Bertz CT molecular complexity index is 689. The number of carbonyl (C=O) groups is 1. The molecule has 7 heteroatoms. The Hall–Kier alpha value is -1.89. The molecule has 0 saturated heterocycles. The highest BCUT2D eigenvalue weighted by Gasteiger charge is 2.18. The third-order valence-corrected chi connectivity index (χ3v) is 3.19. The third-order valence-electron chi connectivity index (χ3n) is 2.33. The van der Waals surface area contributed by atoms with Gasteiger partial charge in [0.05, 0.1) is 12.7 Å². The summed E-state index contributed by atoms with van der Waals surface area (Å²) in [5.41, 5.74) is 0.582. The fourth-order valence-electron chi connectivity index (χ4n) is 1.54. The number of nitrogens with one attached hydrogen (secondary N) is 1. The van der Waals surface area contributed by atoms with Gasteiger partial charge >= 0.3 is 16.2 Å². The second kappa shape index (κ2) is 3.85. The summed E-state index contributed by atoms with van der Waals surface area (Å²) in [4.78, 5) is 13.4. The SMILES string of the molecule is COC(=O)c1ccc2[nH]cc(S(=O)(=O)F)c2c1. The number of methoxy groups -OCH3 is 1. The Labute approximate surface area is 96.4 Å². The van der Waals surface area contributed by atoms with Crippen molar-refractivity contribution in [2.24, 2.45) is 0 Å². The van der Waals surface area contributed by atoms with E-state index in [0.29, 0.717) is 5.52 Å². The zero-order valence-corrected chi connectivity index (χ0v) is 9.55. The van der Waals surface area contributed by atoms with Gasteiger partial charge in [-0.15, -0.1) is 3.89 Å². The van der Waals surface area contributed by atoms with Gasteiger partial charge in [-0.3, -0.25) is 0 Å². The second-order valence-electron chi connectivity index (χ2n) is 3.34.